The largest absolute Gasteiger partial charge is 0.514 e. The van der Waals surface area contributed by atoms with Gasteiger partial charge in [-0.1, -0.05) is 134 Å². The number of allylic oxidation sites excluding steroid dienone is 6. The molecule has 4 N–H and O–H groups in total. The van der Waals surface area contributed by atoms with E-state index in [-0.39, 0.29) is 6.10 Å². The summed E-state index contributed by atoms with van der Waals surface area (Å²) in [4.78, 5) is 6.53. The number of hydrogen-bond acceptors (Lipinski definition) is 6. The van der Waals surface area contributed by atoms with Crippen LogP contribution in [-0.4, -0.2) is 52.4 Å². The Labute approximate surface area is 281 Å². The maximum absolute atomic E-state index is 9.36. The second-order valence-electron chi connectivity index (χ2n) is 11.6. The number of nitrogens with zero attached hydrogens (tertiary/aromatic N) is 2. The lowest BCUT2D eigenvalue weighted by molar-refractivity contribution is 0.151. The molecule has 46 heavy (non-hydrogen) atoms. The highest BCUT2D eigenvalue weighted by molar-refractivity contribution is 6.02. The van der Waals surface area contributed by atoms with Crippen LogP contribution in [0.3, 0.4) is 0 Å². The number of aryl methyl sites for hydroxylation is 1. The van der Waals surface area contributed by atoms with Crippen molar-refractivity contribution in [1.29, 1.82) is 0 Å². The first-order chi connectivity index (χ1) is 22.3. The van der Waals surface area contributed by atoms with Crippen molar-refractivity contribution in [2.24, 2.45) is 16.8 Å². The monoisotopic (exact) mass is 636 g/mol. The van der Waals surface area contributed by atoms with Crippen molar-refractivity contribution in [2.45, 2.75) is 106 Å². The lowest BCUT2D eigenvalue weighted by Crippen LogP contribution is -2.19. The third-order valence-corrected chi connectivity index (χ3v) is 8.00. The van der Waals surface area contributed by atoms with Gasteiger partial charge in [0.25, 0.3) is 0 Å². The molecule has 2 aliphatic heterocycles. The van der Waals surface area contributed by atoms with Gasteiger partial charge in [0, 0.05) is 43.6 Å². The van der Waals surface area contributed by atoms with Crippen molar-refractivity contribution >= 4 is 11.4 Å². The minimum atomic E-state index is -0.245. The third kappa shape index (κ3) is 17.4. The molecule has 3 unspecified atom stereocenters. The number of aliphatic hydroxyl groups excluding tert-OH is 3. The number of amidine groups is 1. The van der Waals surface area contributed by atoms with Crippen molar-refractivity contribution < 1.29 is 15.3 Å². The van der Waals surface area contributed by atoms with E-state index in [2.05, 4.69) is 79.3 Å². The summed E-state index contributed by atoms with van der Waals surface area (Å²) in [5.41, 5.74) is 5.34. The summed E-state index contributed by atoms with van der Waals surface area (Å²) in [6.07, 6.45) is 26.2. The summed E-state index contributed by atoms with van der Waals surface area (Å²) in [5.74, 6) is 1.66. The molecule has 1 aromatic rings. The molecular formula is C40H65N3O3. The molecular weight excluding hydrogens is 570 g/mol. The van der Waals surface area contributed by atoms with E-state index in [0.29, 0.717) is 18.4 Å². The minimum absolute atomic E-state index is 0.245. The van der Waals surface area contributed by atoms with Crippen molar-refractivity contribution in [3.05, 3.63) is 102 Å². The van der Waals surface area contributed by atoms with Gasteiger partial charge < -0.3 is 25.5 Å². The standard InChI is InChI=1S/C23H28N2.C8H15NO2.C6H12.C2H6.CH4O/c1-5-20-10-13-22(14-11-20)19(4)9-12-21(6-2)23-24-16-7-8-18(3)15-17-25-23;1-6-3-9(4-8(6)11)7(2)5-10;1-2-4-6-5-3-1;2*1-2/h6-7,9-18H,4-5,8H2,1-3H3,(H,24,25);5-6,8,10-11H,3-4H2,1-2H3;1-6H2;1-2H3;2H,1H3/b12-9-,16-7+,17-15+,21-6+;;;;. The van der Waals surface area contributed by atoms with E-state index in [1.165, 1.54) is 44.1 Å². The van der Waals surface area contributed by atoms with Gasteiger partial charge in [-0.15, -0.1) is 0 Å². The summed E-state index contributed by atoms with van der Waals surface area (Å²) in [5, 5.41) is 28.3. The fraction of sp³-hybridized carbons (Fsp3) is 0.525. The zero-order valence-corrected chi connectivity index (χ0v) is 30.2. The van der Waals surface area contributed by atoms with Crippen molar-refractivity contribution in [3.63, 3.8) is 0 Å². The van der Waals surface area contributed by atoms with E-state index in [9.17, 15) is 5.11 Å². The predicted octanol–water partition coefficient (Wildman–Crippen LogP) is 9.51. The maximum atomic E-state index is 9.36. The number of hydrogen-bond donors (Lipinski definition) is 4. The van der Waals surface area contributed by atoms with Gasteiger partial charge in [0.1, 0.15) is 5.84 Å². The second-order valence-corrected chi connectivity index (χ2v) is 11.6. The first kappa shape index (κ1) is 42.6. The summed E-state index contributed by atoms with van der Waals surface area (Å²) in [6, 6.07) is 8.57. The molecule has 4 rings (SSSR count). The Hall–Kier alpha value is -3.35. The highest BCUT2D eigenvalue weighted by Gasteiger charge is 2.27. The Kier molecular flexibility index (Phi) is 24.9. The predicted molar refractivity (Wildman–Crippen MR) is 201 cm³/mol. The van der Waals surface area contributed by atoms with Gasteiger partial charge in [-0.2, -0.15) is 0 Å². The first-order valence-corrected chi connectivity index (χ1v) is 17.3. The zero-order chi connectivity index (χ0) is 34.7. The van der Waals surface area contributed by atoms with E-state index >= 15 is 0 Å². The Morgan fingerprint density at radius 1 is 1.00 bits per heavy atom. The Morgan fingerprint density at radius 2 is 1.59 bits per heavy atom. The molecule has 0 bridgehead atoms. The van der Waals surface area contributed by atoms with Gasteiger partial charge in [-0.3, -0.25) is 0 Å². The Bertz CT molecular complexity index is 1100. The maximum Gasteiger partial charge on any atom is 0.136 e. The van der Waals surface area contributed by atoms with E-state index in [4.69, 9.17) is 10.2 Å². The molecule has 0 aromatic heterocycles. The highest BCUT2D eigenvalue weighted by atomic mass is 16.3. The summed E-state index contributed by atoms with van der Waals surface area (Å²) in [6.45, 7) is 19.9. The fourth-order valence-corrected chi connectivity index (χ4v) is 4.90. The second kappa shape index (κ2) is 26.8. The van der Waals surface area contributed by atoms with Gasteiger partial charge in [0.15, 0.2) is 0 Å². The minimum Gasteiger partial charge on any atom is -0.514 e. The van der Waals surface area contributed by atoms with E-state index < -0.39 is 0 Å². The molecule has 2 fully saturated rings. The van der Waals surface area contributed by atoms with Crippen LogP contribution >= 0.6 is 0 Å². The topological polar surface area (TPSA) is 88.3 Å². The lowest BCUT2D eigenvalue weighted by Gasteiger charge is -2.16. The smallest absolute Gasteiger partial charge is 0.136 e. The molecule has 6 nitrogen and oxygen atoms in total. The molecule has 0 radical (unpaired) electrons. The highest BCUT2D eigenvalue weighted by Crippen LogP contribution is 2.20. The van der Waals surface area contributed by atoms with Gasteiger partial charge >= 0.3 is 0 Å². The number of nitrogens with one attached hydrogen (secondary N) is 1. The van der Waals surface area contributed by atoms with E-state index in [0.717, 1.165) is 61.0 Å². The number of aliphatic imine (C=N–C) groups is 1. The number of β-amino-alcohol motifs (C(OH)–C–C–N with tert-alkyl or cyclic N) is 1. The van der Waals surface area contributed by atoms with Crippen molar-refractivity contribution in [2.75, 3.05) is 20.2 Å². The van der Waals surface area contributed by atoms with Crippen LogP contribution in [0.5, 0.6) is 0 Å². The van der Waals surface area contributed by atoms with E-state index in [1.807, 2.05) is 58.0 Å². The van der Waals surface area contributed by atoms with Crippen molar-refractivity contribution in [3.8, 4) is 0 Å². The first-order valence-electron chi connectivity index (χ1n) is 17.3. The molecule has 1 saturated carbocycles. The summed E-state index contributed by atoms with van der Waals surface area (Å²) >= 11 is 0. The SMILES string of the molecule is C1CCCCC1.C=C(\C=C/C(=C\C)C1=N\C=C\CC(C)/C=C/N\1)c1ccc(CC)cc1.CC.CC(=CO)N1CC(C)C(O)C1.CO. The zero-order valence-electron chi connectivity index (χ0n) is 30.2. The normalized spacial score (nSPS) is 23.7. The van der Waals surface area contributed by atoms with E-state index in [1.54, 1.807) is 0 Å². The van der Waals surface area contributed by atoms with Crippen LogP contribution < -0.4 is 5.32 Å². The van der Waals surface area contributed by atoms with Crippen LogP contribution in [0.2, 0.25) is 0 Å². The number of benzene rings is 1. The molecule has 1 aromatic carbocycles. The number of rotatable bonds is 6. The fourth-order valence-electron chi connectivity index (χ4n) is 4.90. The Balaban J connectivity index is 0.000000787. The molecule has 0 amide bonds. The van der Waals surface area contributed by atoms with Gasteiger partial charge in [-0.05, 0) is 55.5 Å². The average Bonchev–Trinajstić information content (AvgIpc) is 3.50. The number of aliphatic hydroxyl groups is 3. The van der Waals surface area contributed by atoms with Crippen LogP contribution in [0.15, 0.2) is 96.1 Å². The summed E-state index contributed by atoms with van der Waals surface area (Å²) in [7, 11) is 1.00. The van der Waals surface area contributed by atoms with Crippen LogP contribution in [0.1, 0.15) is 105 Å². The number of likely N-dealkylation sites (tertiary alicyclic amines) is 1. The molecule has 2 heterocycles. The molecule has 6 heteroatoms. The van der Waals surface area contributed by atoms with Crippen molar-refractivity contribution in [1.82, 2.24) is 10.2 Å². The van der Waals surface area contributed by atoms with Crippen LogP contribution in [0.4, 0.5) is 0 Å². The summed E-state index contributed by atoms with van der Waals surface area (Å²) < 4.78 is 0. The van der Waals surface area contributed by atoms with Crippen LogP contribution in [0.25, 0.3) is 5.57 Å². The third-order valence-electron chi connectivity index (χ3n) is 8.00. The molecule has 258 valence electrons. The van der Waals surface area contributed by atoms with Crippen LogP contribution in [-0.2, 0) is 6.42 Å². The molecule has 1 saturated heterocycles. The van der Waals surface area contributed by atoms with Gasteiger partial charge in [0.05, 0.1) is 12.4 Å². The van der Waals surface area contributed by atoms with Gasteiger partial charge in [0.2, 0.25) is 0 Å². The Morgan fingerprint density at radius 3 is 2.07 bits per heavy atom. The molecule has 3 aliphatic rings. The van der Waals surface area contributed by atoms with Crippen LogP contribution in [0, 0.1) is 11.8 Å². The quantitative estimate of drug-likeness (QED) is 0.185. The molecule has 3 atom stereocenters. The van der Waals surface area contributed by atoms with Gasteiger partial charge in [-0.25, -0.2) is 4.99 Å². The average molecular weight is 636 g/mol. The lowest BCUT2D eigenvalue weighted by atomic mass is 10.0. The molecule has 1 aliphatic carbocycles. The molecule has 0 spiro atoms.